The van der Waals surface area contributed by atoms with E-state index >= 15 is 0 Å². The number of nitrogens with one attached hydrogen (secondary N) is 1. The normalized spacial score (nSPS) is 11.8. The number of hydrogen-bond acceptors (Lipinski definition) is 5. The second-order valence-corrected chi connectivity index (χ2v) is 5.73. The van der Waals surface area contributed by atoms with Gasteiger partial charge in [-0.3, -0.25) is 4.79 Å². The van der Waals surface area contributed by atoms with E-state index in [1.165, 1.54) is 0 Å². The number of benzene rings is 2. The highest BCUT2D eigenvalue weighted by Gasteiger charge is 2.12. The van der Waals surface area contributed by atoms with Gasteiger partial charge in [0.15, 0.2) is 6.10 Å². The van der Waals surface area contributed by atoms with Gasteiger partial charge in [0.05, 0.1) is 17.2 Å². The third-order valence-electron chi connectivity index (χ3n) is 3.46. The molecule has 25 heavy (non-hydrogen) atoms. The molecule has 3 rings (SSSR count). The van der Waals surface area contributed by atoms with E-state index in [2.05, 4.69) is 15.3 Å². The quantitative estimate of drug-likeness (QED) is 0.755. The fourth-order valence-electron chi connectivity index (χ4n) is 2.18. The van der Waals surface area contributed by atoms with Crippen molar-refractivity contribution in [1.82, 2.24) is 15.3 Å². The van der Waals surface area contributed by atoms with Crippen molar-refractivity contribution in [2.24, 2.45) is 0 Å². The van der Waals surface area contributed by atoms with Gasteiger partial charge in [0.2, 0.25) is 5.88 Å². The van der Waals surface area contributed by atoms with E-state index in [0.29, 0.717) is 27.9 Å². The van der Waals surface area contributed by atoms with Gasteiger partial charge in [0.25, 0.3) is 5.91 Å². The largest absolute Gasteiger partial charge is 0.481 e. The first-order valence-electron chi connectivity index (χ1n) is 7.63. The zero-order valence-corrected chi connectivity index (χ0v) is 14.4. The second kappa shape index (κ2) is 7.36. The lowest BCUT2D eigenvalue weighted by Crippen LogP contribution is -2.33. The molecule has 0 bridgehead atoms. The molecule has 1 unspecified atom stereocenters. The summed E-state index contributed by atoms with van der Waals surface area (Å²) in [5.41, 5.74) is 1.40. The molecule has 0 saturated carbocycles. The monoisotopic (exact) mass is 357 g/mol. The molecule has 0 aliphatic heterocycles. The number of carbonyl (C=O) groups is 1. The van der Waals surface area contributed by atoms with Crippen LogP contribution in [0.15, 0.2) is 48.7 Å². The fourth-order valence-corrected chi connectivity index (χ4v) is 2.35. The predicted molar refractivity (Wildman–Crippen MR) is 95.2 cm³/mol. The van der Waals surface area contributed by atoms with E-state index in [1.807, 2.05) is 0 Å². The molecule has 1 N–H and O–H groups in total. The first-order valence-corrected chi connectivity index (χ1v) is 8.01. The topological polar surface area (TPSA) is 73.3 Å². The molecule has 3 aromatic rings. The molecular weight excluding hydrogens is 342 g/mol. The molecule has 1 heterocycles. The maximum Gasteiger partial charge on any atom is 0.260 e. The Hall–Kier alpha value is -2.86. The molecule has 128 valence electrons. The Kier molecular flexibility index (Phi) is 5.00. The van der Waals surface area contributed by atoms with Gasteiger partial charge in [0.1, 0.15) is 11.5 Å². The zero-order chi connectivity index (χ0) is 17.8. The smallest absolute Gasteiger partial charge is 0.260 e. The molecule has 0 radical (unpaired) electrons. The van der Waals surface area contributed by atoms with Crippen LogP contribution in [-0.2, 0) is 4.79 Å². The lowest BCUT2D eigenvalue weighted by atomic mass is 10.3. The van der Waals surface area contributed by atoms with Gasteiger partial charge >= 0.3 is 0 Å². The third-order valence-corrected chi connectivity index (χ3v) is 3.69. The molecule has 1 aromatic heterocycles. The second-order valence-electron chi connectivity index (χ2n) is 5.29. The van der Waals surface area contributed by atoms with Crippen molar-refractivity contribution < 1.29 is 14.3 Å². The van der Waals surface area contributed by atoms with Crippen LogP contribution in [0.2, 0.25) is 5.02 Å². The van der Waals surface area contributed by atoms with Crippen LogP contribution in [0, 0.1) is 0 Å². The minimum absolute atomic E-state index is 0.189. The van der Waals surface area contributed by atoms with Gasteiger partial charge in [-0.1, -0.05) is 11.6 Å². The number of carbonyl (C=O) groups excluding carboxylic acids is 1. The van der Waals surface area contributed by atoms with E-state index in [4.69, 9.17) is 21.1 Å². The Bertz CT molecular complexity index is 900. The van der Waals surface area contributed by atoms with E-state index in [9.17, 15) is 4.79 Å². The first-order chi connectivity index (χ1) is 12.0. The molecule has 0 aliphatic rings. The lowest BCUT2D eigenvalue weighted by Gasteiger charge is -2.13. The van der Waals surface area contributed by atoms with Crippen LogP contribution < -0.4 is 14.8 Å². The maximum atomic E-state index is 11.5. The van der Waals surface area contributed by atoms with Gasteiger partial charge in [-0.25, -0.2) is 9.97 Å². The Labute approximate surface area is 149 Å². The van der Waals surface area contributed by atoms with Crippen LogP contribution in [0.25, 0.3) is 11.0 Å². The third kappa shape index (κ3) is 4.16. The van der Waals surface area contributed by atoms with Crippen molar-refractivity contribution >= 4 is 28.5 Å². The van der Waals surface area contributed by atoms with Crippen LogP contribution in [0.5, 0.6) is 17.4 Å². The van der Waals surface area contributed by atoms with Crippen LogP contribution in [-0.4, -0.2) is 29.0 Å². The fraction of sp³-hybridized carbons (Fsp3) is 0.167. The van der Waals surface area contributed by atoms with Crippen LogP contribution >= 0.6 is 11.6 Å². The summed E-state index contributed by atoms with van der Waals surface area (Å²) >= 11 is 5.97. The van der Waals surface area contributed by atoms with Crippen molar-refractivity contribution in [3.05, 3.63) is 53.7 Å². The summed E-state index contributed by atoms with van der Waals surface area (Å²) in [6.07, 6.45) is 0.974. The molecule has 0 spiro atoms. The number of likely N-dealkylation sites (N-methyl/N-ethyl adjacent to an activating group) is 1. The summed E-state index contributed by atoms with van der Waals surface area (Å²) in [6.45, 7) is 1.68. The van der Waals surface area contributed by atoms with Gasteiger partial charge in [-0.15, -0.1) is 0 Å². The lowest BCUT2D eigenvalue weighted by molar-refractivity contribution is -0.126. The SMILES string of the molecule is CNC(=O)C(C)Oc1ccc(Oc2cnc3ccc(Cl)cc3n2)cc1. The van der Waals surface area contributed by atoms with Gasteiger partial charge < -0.3 is 14.8 Å². The number of nitrogens with zero attached hydrogens (tertiary/aromatic N) is 2. The Balaban J connectivity index is 1.72. The van der Waals surface area contributed by atoms with Gasteiger partial charge in [0, 0.05) is 12.1 Å². The molecule has 2 aromatic carbocycles. The van der Waals surface area contributed by atoms with Crippen molar-refractivity contribution in [2.75, 3.05) is 7.05 Å². The minimum Gasteiger partial charge on any atom is -0.481 e. The first kappa shape index (κ1) is 17.0. The van der Waals surface area contributed by atoms with Gasteiger partial charge in [-0.2, -0.15) is 0 Å². The zero-order valence-electron chi connectivity index (χ0n) is 13.7. The summed E-state index contributed by atoms with van der Waals surface area (Å²) in [7, 11) is 1.57. The summed E-state index contributed by atoms with van der Waals surface area (Å²) in [5, 5.41) is 3.12. The highest BCUT2D eigenvalue weighted by atomic mass is 35.5. The van der Waals surface area contributed by atoms with Crippen molar-refractivity contribution in [3.8, 4) is 17.4 Å². The Morgan fingerprint density at radius 2 is 1.84 bits per heavy atom. The average molecular weight is 358 g/mol. The van der Waals surface area contributed by atoms with Crippen LogP contribution in [0.1, 0.15) is 6.92 Å². The molecule has 1 atom stereocenters. The summed E-state index contributed by atoms with van der Waals surface area (Å²) < 4.78 is 11.2. The Morgan fingerprint density at radius 3 is 2.56 bits per heavy atom. The molecule has 1 amide bonds. The van der Waals surface area contributed by atoms with E-state index in [0.717, 1.165) is 5.52 Å². The number of amides is 1. The standard InChI is InChI=1S/C18H16ClN3O3/c1-11(18(23)20-2)24-13-4-6-14(7-5-13)25-17-10-21-15-8-3-12(19)9-16(15)22-17/h3-11H,1-2H3,(H,20,23). The number of fused-ring (bicyclic) bond motifs is 1. The van der Waals surface area contributed by atoms with Crippen molar-refractivity contribution in [2.45, 2.75) is 13.0 Å². The van der Waals surface area contributed by atoms with E-state index in [-0.39, 0.29) is 5.91 Å². The van der Waals surface area contributed by atoms with E-state index < -0.39 is 6.10 Å². The molecular formula is C18H16ClN3O3. The highest BCUT2D eigenvalue weighted by molar-refractivity contribution is 6.31. The van der Waals surface area contributed by atoms with E-state index in [1.54, 1.807) is 62.6 Å². The van der Waals surface area contributed by atoms with Gasteiger partial charge in [-0.05, 0) is 49.4 Å². The molecule has 0 fully saturated rings. The number of aromatic nitrogens is 2. The summed E-state index contributed by atoms with van der Waals surface area (Å²) in [4.78, 5) is 20.1. The minimum atomic E-state index is -0.576. The Morgan fingerprint density at radius 1 is 1.12 bits per heavy atom. The highest BCUT2D eigenvalue weighted by Crippen LogP contribution is 2.24. The number of rotatable bonds is 5. The molecule has 0 aliphatic carbocycles. The van der Waals surface area contributed by atoms with Crippen LogP contribution in [0.3, 0.4) is 0 Å². The molecule has 0 saturated heterocycles. The number of ether oxygens (including phenoxy) is 2. The van der Waals surface area contributed by atoms with Crippen molar-refractivity contribution in [1.29, 1.82) is 0 Å². The molecule has 7 heteroatoms. The average Bonchev–Trinajstić information content (AvgIpc) is 2.62. The summed E-state index contributed by atoms with van der Waals surface area (Å²) in [6, 6.07) is 12.2. The number of halogens is 1. The van der Waals surface area contributed by atoms with Crippen molar-refractivity contribution in [3.63, 3.8) is 0 Å². The van der Waals surface area contributed by atoms with Crippen LogP contribution in [0.4, 0.5) is 0 Å². The predicted octanol–water partition coefficient (Wildman–Crippen LogP) is 3.59. The maximum absolute atomic E-state index is 11.5. The summed E-state index contributed by atoms with van der Waals surface area (Å²) in [5.74, 6) is 1.32. The number of hydrogen-bond donors (Lipinski definition) is 1. The molecule has 6 nitrogen and oxygen atoms in total.